The van der Waals surface area contributed by atoms with Crippen LogP contribution in [-0.4, -0.2) is 30.8 Å². The van der Waals surface area contributed by atoms with Gasteiger partial charge in [0.2, 0.25) is 16.8 Å². The van der Waals surface area contributed by atoms with Crippen molar-refractivity contribution in [2.45, 2.75) is 13.1 Å². The fourth-order valence-corrected chi connectivity index (χ4v) is 2.25. The molecule has 1 aromatic heterocycles. The van der Waals surface area contributed by atoms with E-state index in [2.05, 4.69) is 9.72 Å². The zero-order valence-corrected chi connectivity index (χ0v) is 12.2. The van der Waals surface area contributed by atoms with Gasteiger partial charge in [-0.2, -0.15) is 4.31 Å². The molecule has 0 N–H and O–H groups in total. The minimum absolute atomic E-state index is 0.0600. The fraction of sp³-hybridized carbons (Fsp3) is 0.231. The van der Waals surface area contributed by atoms with Crippen molar-refractivity contribution in [1.82, 2.24) is 9.29 Å². The number of ether oxygens (including phenoxy) is 1. The summed E-state index contributed by atoms with van der Waals surface area (Å²) in [5.41, 5.74) is 1.15. The van der Waals surface area contributed by atoms with Gasteiger partial charge >= 0.3 is 5.97 Å². The summed E-state index contributed by atoms with van der Waals surface area (Å²) in [6, 6.07) is 6.52. The summed E-state index contributed by atoms with van der Waals surface area (Å²) in [4.78, 5) is 15.2. The highest BCUT2D eigenvalue weighted by atomic mass is 32.2. The van der Waals surface area contributed by atoms with E-state index in [4.69, 9.17) is 4.42 Å². The topological polar surface area (TPSA) is 89.7 Å². The second-order valence-electron chi connectivity index (χ2n) is 4.17. The highest BCUT2D eigenvalue weighted by molar-refractivity contribution is 7.69. The van der Waals surface area contributed by atoms with Crippen molar-refractivity contribution in [3.8, 4) is 0 Å². The molecular weight excluding hydrogens is 296 g/mol. The normalized spacial score (nSPS) is 11.0. The molecule has 0 aliphatic carbocycles. The molecule has 0 atom stereocenters. The van der Waals surface area contributed by atoms with E-state index >= 15 is 0 Å². The summed E-state index contributed by atoms with van der Waals surface area (Å²) in [6.45, 7) is 0.229. The van der Waals surface area contributed by atoms with Crippen LogP contribution >= 0.6 is 0 Å². The van der Waals surface area contributed by atoms with E-state index in [9.17, 15) is 13.2 Å². The predicted molar refractivity (Wildman–Crippen MR) is 73.8 cm³/mol. The quantitative estimate of drug-likeness (QED) is 0.632. The van der Waals surface area contributed by atoms with Gasteiger partial charge in [-0.25, -0.2) is 18.2 Å². The largest absolute Gasteiger partial charge is 0.465 e. The molecule has 1 aromatic carbocycles. The summed E-state index contributed by atoms with van der Waals surface area (Å²) in [6.07, 6.45) is 2.84. The Labute approximate surface area is 123 Å². The van der Waals surface area contributed by atoms with Crippen LogP contribution in [-0.2, 0) is 28.7 Å². The highest BCUT2D eigenvalue weighted by Gasteiger charge is 2.12. The number of methoxy groups -OCH3 is 1. The van der Waals surface area contributed by atoms with Crippen molar-refractivity contribution in [3.05, 3.63) is 53.7 Å². The smallest absolute Gasteiger partial charge is 0.337 e. The van der Waals surface area contributed by atoms with Crippen LogP contribution < -0.4 is 0 Å². The zero-order valence-electron chi connectivity index (χ0n) is 11.3. The summed E-state index contributed by atoms with van der Waals surface area (Å²) in [5, 5.41) is 0. The average Bonchev–Trinajstić information content (AvgIpc) is 2.99. The molecule has 1 heterocycles. The Bertz CT molecular complexity index is 656. The Morgan fingerprint density at radius 2 is 2.00 bits per heavy atom. The molecule has 2 aromatic rings. The highest BCUT2D eigenvalue weighted by Crippen LogP contribution is 2.11. The van der Waals surface area contributed by atoms with E-state index in [0.29, 0.717) is 11.5 Å². The van der Waals surface area contributed by atoms with Crippen LogP contribution in [0.15, 0.2) is 41.1 Å². The van der Waals surface area contributed by atoms with Crippen molar-refractivity contribution in [1.29, 1.82) is 0 Å². The van der Waals surface area contributed by atoms with Crippen molar-refractivity contribution < 1.29 is 22.4 Å². The third-order valence-corrected chi connectivity index (χ3v) is 3.52. The van der Waals surface area contributed by atoms with Crippen LogP contribution in [0.25, 0.3) is 0 Å². The van der Waals surface area contributed by atoms with Gasteiger partial charge in [0.1, 0.15) is 6.26 Å². The van der Waals surface area contributed by atoms with Crippen molar-refractivity contribution in [2.24, 2.45) is 0 Å². The lowest BCUT2D eigenvalue weighted by Crippen LogP contribution is -2.21. The van der Waals surface area contributed by atoms with Crippen molar-refractivity contribution in [2.75, 3.05) is 7.11 Å². The number of hydrogen-bond donors (Lipinski definition) is 1. The number of oxazole rings is 1. The first kappa shape index (κ1) is 15.2. The van der Waals surface area contributed by atoms with E-state index in [1.165, 1.54) is 23.9 Å². The van der Waals surface area contributed by atoms with Crippen LogP contribution in [0.2, 0.25) is 0 Å². The van der Waals surface area contributed by atoms with Crippen molar-refractivity contribution in [3.63, 3.8) is 0 Å². The summed E-state index contributed by atoms with van der Waals surface area (Å²) in [5.74, 6) is -0.117. The third kappa shape index (κ3) is 4.14. The third-order valence-electron chi connectivity index (χ3n) is 2.77. The number of nitrogens with zero attached hydrogens (tertiary/aromatic N) is 2. The second-order valence-corrected chi connectivity index (χ2v) is 5.22. The number of carbonyl (C=O) groups is 1. The Hall–Kier alpha value is -2.19. The first-order valence-corrected chi connectivity index (χ1v) is 7.18. The number of thiol groups is 1. The fourth-order valence-electron chi connectivity index (χ4n) is 1.73. The molecular formula is C13H14N2O5S. The SMILES string of the molecule is COC(=O)c1ccc(CN(Cc2ncco2)[SH](=O)=O)cc1. The molecule has 0 saturated heterocycles. The maximum absolute atomic E-state index is 11.3. The maximum atomic E-state index is 11.3. The van der Waals surface area contributed by atoms with Gasteiger partial charge in [-0.05, 0) is 17.7 Å². The Morgan fingerprint density at radius 3 is 2.52 bits per heavy atom. The van der Waals surface area contributed by atoms with Gasteiger partial charge in [0.05, 0.1) is 25.4 Å². The van der Waals surface area contributed by atoms with Crippen LogP contribution in [0.1, 0.15) is 21.8 Å². The lowest BCUT2D eigenvalue weighted by atomic mass is 10.1. The second kappa shape index (κ2) is 7.00. The summed E-state index contributed by atoms with van der Waals surface area (Å²) in [7, 11) is -1.47. The zero-order chi connectivity index (χ0) is 15.2. The molecule has 0 bridgehead atoms. The number of aromatic nitrogens is 1. The molecule has 112 valence electrons. The minimum atomic E-state index is -2.77. The van der Waals surface area contributed by atoms with Gasteiger partial charge in [0.25, 0.3) is 0 Å². The van der Waals surface area contributed by atoms with Gasteiger partial charge in [-0.1, -0.05) is 12.1 Å². The van der Waals surface area contributed by atoms with Crippen LogP contribution in [0.5, 0.6) is 0 Å². The van der Waals surface area contributed by atoms with Crippen LogP contribution in [0, 0.1) is 0 Å². The first-order chi connectivity index (χ1) is 10.1. The molecule has 0 spiro atoms. The number of hydrogen-bond acceptors (Lipinski definition) is 6. The molecule has 0 radical (unpaired) electrons. The van der Waals surface area contributed by atoms with Crippen LogP contribution in [0.4, 0.5) is 0 Å². The Morgan fingerprint density at radius 1 is 1.29 bits per heavy atom. The van der Waals surface area contributed by atoms with Gasteiger partial charge in [0.15, 0.2) is 0 Å². The van der Waals surface area contributed by atoms with Gasteiger partial charge in [-0.3, -0.25) is 0 Å². The monoisotopic (exact) mass is 310 g/mol. The molecule has 7 nitrogen and oxygen atoms in total. The van der Waals surface area contributed by atoms with E-state index in [0.717, 1.165) is 5.56 Å². The van der Waals surface area contributed by atoms with Gasteiger partial charge < -0.3 is 9.15 Å². The standard InChI is InChI=1S/C13H14N2O5S/c1-19-13(16)11-4-2-10(3-5-11)8-15(21(17)18)9-12-14-6-7-20-12/h2-7,21H,8-9H2,1H3. The first-order valence-electron chi connectivity index (χ1n) is 6.05. The van der Waals surface area contributed by atoms with E-state index in [1.807, 2.05) is 0 Å². The maximum Gasteiger partial charge on any atom is 0.337 e. The number of benzene rings is 1. The molecule has 21 heavy (non-hydrogen) atoms. The number of rotatable bonds is 6. The van der Waals surface area contributed by atoms with Crippen LogP contribution in [0.3, 0.4) is 0 Å². The average molecular weight is 310 g/mol. The molecule has 8 heteroatoms. The van der Waals surface area contributed by atoms with Crippen molar-refractivity contribution >= 4 is 16.9 Å². The molecule has 2 rings (SSSR count). The molecule has 0 unspecified atom stereocenters. The Balaban J connectivity index is 2.08. The lowest BCUT2D eigenvalue weighted by molar-refractivity contribution is 0.0600. The molecule has 0 aliphatic rings. The summed E-state index contributed by atoms with van der Waals surface area (Å²) < 4.78 is 33.4. The van der Waals surface area contributed by atoms with E-state index in [-0.39, 0.29) is 13.1 Å². The Kier molecular flexibility index (Phi) is 5.07. The lowest BCUT2D eigenvalue weighted by Gasteiger charge is -2.13. The summed E-state index contributed by atoms with van der Waals surface area (Å²) >= 11 is 0. The van der Waals surface area contributed by atoms with E-state index in [1.54, 1.807) is 24.3 Å². The van der Waals surface area contributed by atoms with Gasteiger partial charge in [0, 0.05) is 6.54 Å². The number of esters is 1. The molecule has 0 amide bonds. The van der Waals surface area contributed by atoms with Gasteiger partial charge in [-0.15, -0.1) is 0 Å². The molecule has 0 aliphatic heterocycles. The number of carbonyl (C=O) groups excluding carboxylic acids is 1. The van der Waals surface area contributed by atoms with E-state index < -0.39 is 16.9 Å². The minimum Gasteiger partial charge on any atom is -0.465 e. The molecule has 0 fully saturated rings. The predicted octanol–water partition coefficient (Wildman–Crippen LogP) is 0.990. The molecule has 0 saturated carbocycles.